The third kappa shape index (κ3) is 4.50. The zero-order valence-electron chi connectivity index (χ0n) is 13.9. The van der Waals surface area contributed by atoms with Crippen molar-refractivity contribution in [2.75, 3.05) is 29.1 Å². The van der Waals surface area contributed by atoms with E-state index in [-0.39, 0.29) is 4.90 Å². The molecule has 1 aliphatic heterocycles. The number of carbonyl (C=O) groups excluding carboxylic acids is 1. The second-order valence-corrected chi connectivity index (χ2v) is 8.98. The molecule has 0 spiro atoms. The average Bonchev–Trinajstić information content (AvgIpc) is 3.09. The molecule has 0 unspecified atom stereocenters. The third-order valence-electron chi connectivity index (χ3n) is 4.17. The van der Waals surface area contributed by atoms with Crippen LogP contribution in [0.5, 0.6) is 0 Å². The second-order valence-electron chi connectivity index (χ2n) is 6.12. The van der Waals surface area contributed by atoms with Crippen molar-refractivity contribution in [2.24, 2.45) is 0 Å². The average molecular weight is 413 g/mol. The number of rotatable bonds is 5. The Morgan fingerprint density at radius 2 is 1.62 bits per heavy atom. The highest BCUT2D eigenvalue weighted by Gasteiger charge is 2.22. The van der Waals surface area contributed by atoms with Gasteiger partial charge in [0.2, 0.25) is 5.91 Å². The highest BCUT2D eigenvalue weighted by atomic mass is 35.5. The molecule has 1 fully saturated rings. The summed E-state index contributed by atoms with van der Waals surface area (Å²) < 4.78 is 24.8. The fourth-order valence-corrected chi connectivity index (χ4v) is 4.36. The first-order valence-electron chi connectivity index (χ1n) is 8.18. The van der Waals surface area contributed by atoms with Crippen LogP contribution in [0, 0.1) is 0 Å². The molecule has 138 valence electrons. The van der Waals surface area contributed by atoms with E-state index in [0.717, 1.165) is 31.6 Å². The number of nitrogens with one attached hydrogen (secondary N) is 1. The van der Waals surface area contributed by atoms with Crippen LogP contribution < -0.4 is 10.2 Å². The monoisotopic (exact) mass is 412 g/mol. The topological polar surface area (TPSA) is 66.5 Å². The molecule has 0 radical (unpaired) electrons. The molecule has 2 aromatic carbocycles. The third-order valence-corrected chi connectivity index (χ3v) is 6.29. The van der Waals surface area contributed by atoms with Gasteiger partial charge in [0.05, 0.1) is 16.3 Å². The molecule has 1 heterocycles. The van der Waals surface area contributed by atoms with Crippen molar-refractivity contribution in [2.45, 2.75) is 17.7 Å². The summed E-state index contributed by atoms with van der Waals surface area (Å²) in [7, 11) is -3.76. The van der Waals surface area contributed by atoms with Crippen molar-refractivity contribution >= 4 is 50.3 Å². The number of halogens is 2. The molecule has 1 aliphatic rings. The highest BCUT2D eigenvalue weighted by molar-refractivity contribution is 7.92. The largest absolute Gasteiger partial charge is 0.370 e. The van der Waals surface area contributed by atoms with Crippen LogP contribution in [0.2, 0.25) is 10.0 Å². The van der Waals surface area contributed by atoms with E-state index in [2.05, 4.69) is 10.2 Å². The Balaban J connectivity index is 1.77. The molecule has 5 nitrogen and oxygen atoms in total. The summed E-state index contributed by atoms with van der Waals surface area (Å²) >= 11 is 11.8. The molecule has 0 atom stereocenters. The quantitative estimate of drug-likeness (QED) is 0.805. The number of hydrogen-bond donors (Lipinski definition) is 1. The summed E-state index contributed by atoms with van der Waals surface area (Å²) in [6.07, 6.45) is 2.17. The van der Waals surface area contributed by atoms with Gasteiger partial charge in [0.25, 0.3) is 0 Å². The zero-order valence-corrected chi connectivity index (χ0v) is 16.2. The van der Waals surface area contributed by atoms with Crippen LogP contribution in [0.4, 0.5) is 11.4 Å². The highest BCUT2D eigenvalue weighted by Crippen LogP contribution is 2.31. The Kier molecular flexibility index (Phi) is 5.75. The minimum atomic E-state index is -3.76. The molecular formula is C18H18Cl2N2O3S. The summed E-state index contributed by atoms with van der Waals surface area (Å²) in [5, 5.41) is 3.60. The van der Waals surface area contributed by atoms with E-state index in [1.165, 1.54) is 24.3 Å². The minimum absolute atomic E-state index is 0.0583. The lowest BCUT2D eigenvalue weighted by atomic mass is 10.2. The predicted octanol–water partition coefficient (Wildman–Crippen LogP) is 4.01. The summed E-state index contributed by atoms with van der Waals surface area (Å²) in [5.41, 5.74) is 1.37. The fourth-order valence-electron chi connectivity index (χ4n) is 2.93. The molecule has 3 rings (SSSR count). The fraction of sp³-hybridized carbons (Fsp3) is 0.278. The summed E-state index contributed by atoms with van der Waals surface area (Å²) in [5.74, 6) is -1.26. The summed E-state index contributed by atoms with van der Waals surface area (Å²) in [6.45, 7) is 1.79. The van der Waals surface area contributed by atoms with Crippen molar-refractivity contribution in [1.82, 2.24) is 0 Å². The Labute approximate surface area is 162 Å². The van der Waals surface area contributed by atoms with E-state index in [9.17, 15) is 13.2 Å². The lowest BCUT2D eigenvalue weighted by Gasteiger charge is -2.21. The normalized spacial score (nSPS) is 14.5. The number of amides is 1. The SMILES string of the molecule is O=C(CS(=O)(=O)c1ccc(Cl)cc1)Nc1cc(Cl)ccc1N1CCCC1. The Hall–Kier alpha value is -1.76. The van der Waals surface area contributed by atoms with Gasteiger partial charge in [-0.3, -0.25) is 4.79 Å². The van der Waals surface area contributed by atoms with Gasteiger partial charge in [-0.1, -0.05) is 23.2 Å². The number of hydrogen-bond acceptors (Lipinski definition) is 4. The standard InChI is InChI=1S/C18H18Cl2N2O3S/c19-13-3-6-15(7-4-13)26(24,25)12-18(23)21-16-11-14(20)5-8-17(16)22-9-1-2-10-22/h3-8,11H,1-2,9-10,12H2,(H,21,23). The van der Waals surface area contributed by atoms with Crippen LogP contribution >= 0.6 is 23.2 Å². The smallest absolute Gasteiger partial charge is 0.240 e. The molecule has 1 N–H and O–H groups in total. The Bertz CT molecular complexity index is 909. The zero-order chi connectivity index (χ0) is 18.7. The van der Waals surface area contributed by atoms with Gasteiger partial charge in [-0.15, -0.1) is 0 Å². The molecule has 2 aromatic rings. The first-order chi connectivity index (χ1) is 12.3. The molecule has 0 aromatic heterocycles. The van der Waals surface area contributed by atoms with E-state index in [4.69, 9.17) is 23.2 Å². The van der Waals surface area contributed by atoms with Gasteiger partial charge in [-0.25, -0.2) is 8.42 Å². The molecule has 1 saturated heterocycles. The predicted molar refractivity (Wildman–Crippen MR) is 105 cm³/mol. The van der Waals surface area contributed by atoms with Gasteiger partial charge >= 0.3 is 0 Å². The number of carbonyl (C=O) groups is 1. The minimum Gasteiger partial charge on any atom is -0.370 e. The molecule has 1 amide bonds. The van der Waals surface area contributed by atoms with Crippen LogP contribution in [0.1, 0.15) is 12.8 Å². The maximum atomic E-state index is 12.4. The van der Waals surface area contributed by atoms with Gasteiger partial charge in [0.15, 0.2) is 9.84 Å². The van der Waals surface area contributed by atoms with E-state index < -0.39 is 21.5 Å². The maximum Gasteiger partial charge on any atom is 0.240 e. The number of anilines is 2. The Morgan fingerprint density at radius 3 is 2.27 bits per heavy atom. The Morgan fingerprint density at radius 1 is 1.00 bits per heavy atom. The van der Waals surface area contributed by atoms with Crippen molar-refractivity contribution in [3.8, 4) is 0 Å². The van der Waals surface area contributed by atoms with Crippen LogP contribution in [-0.4, -0.2) is 33.2 Å². The summed E-state index contributed by atoms with van der Waals surface area (Å²) in [4.78, 5) is 14.6. The van der Waals surface area contributed by atoms with Gasteiger partial charge in [0, 0.05) is 23.1 Å². The molecule has 8 heteroatoms. The van der Waals surface area contributed by atoms with Crippen molar-refractivity contribution in [1.29, 1.82) is 0 Å². The first-order valence-corrected chi connectivity index (χ1v) is 10.6. The van der Waals surface area contributed by atoms with Crippen molar-refractivity contribution < 1.29 is 13.2 Å². The van der Waals surface area contributed by atoms with E-state index >= 15 is 0 Å². The van der Waals surface area contributed by atoms with Crippen LogP contribution in [0.15, 0.2) is 47.4 Å². The molecule has 26 heavy (non-hydrogen) atoms. The molecule has 0 aliphatic carbocycles. The second kappa shape index (κ2) is 7.86. The summed E-state index contributed by atoms with van der Waals surface area (Å²) in [6, 6.07) is 11.0. The number of sulfone groups is 1. The lowest BCUT2D eigenvalue weighted by molar-refractivity contribution is -0.113. The van der Waals surface area contributed by atoms with Crippen molar-refractivity contribution in [3.63, 3.8) is 0 Å². The molecule has 0 saturated carbocycles. The van der Waals surface area contributed by atoms with E-state index in [1.54, 1.807) is 12.1 Å². The van der Waals surface area contributed by atoms with Crippen molar-refractivity contribution in [3.05, 3.63) is 52.5 Å². The van der Waals surface area contributed by atoms with Gasteiger partial charge in [-0.2, -0.15) is 0 Å². The van der Waals surface area contributed by atoms with Gasteiger partial charge in [-0.05, 0) is 55.3 Å². The van der Waals surface area contributed by atoms with Crippen LogP contribution in [-0.2, 0) is 14.6 Å². The molecular weight excluding hydrogens is 395 g/mol. The number of nitrogens with zero attached hydrogens (tertiary/aromatic N) is 1. The lowest BCUT2D eigenvalue weighted by Crippen LogP contribution is -2.25. The first kappa shape index (κ1) is 19.0. The van der Waals surface area contributed by atoms with Gasteiger partial charge < -0.3 is 10.2 Å². The molecule has 0 bridgehead atoms. The van der Waals surface area contributed by atoms with Crippen LogP contribution in [0.3, 0.4) is 0 Å². The van der Waals surface area contributed by atoms with Crippen LogP contribution in [0.25, 0.3) is 0 Å². The van der Waals surface area contributed by atoms with Gasteiger partial charge in [0.1, 0.15) is 5.75 Å². The maximum absolute atomic E-state index is 12.4. The van der Waals surface area contributed by atoms with E-state index in [1.807, 2.05) is 6.07 Å². The van der Waals surface area contributed by atoms with E-state index in [0.29, 0.717) is 15.7 Å². The number of benzene rings is 2.